The van der Waals surface area contributed by atoms with Crippen molar-refractivity contribution in [2.45, 2.75) is 23.6 Å². The fourth-order valence-corrected chi connectivity index (χ4v) is 3.01. The second kappa shape index (κ2) is 9.35. The molecule has 0 aliphatic carbocycles. The normalized spacial score (nSPS) is 10.1. The molecule has 1 aromatic rings. The number of rotatable bonds is 9. The summed E-state index contributed by atoms with van der Waals surface area (Å²) < 4.78 is 5.15. The van der Waals surface area contributed by atoms with E-state index < -0.39 is 5.97 Å². The topological polar surface area (TPSA) is 106 Å². The number of thioether (sulfide) groups is 1. The molecule has 0 unspecified atom stereocenters. The highest BCUT2D eigenvalue weighted by Crippen LogP contribution is 2.22. The van der Waals surface area contributed by atoms with Gasteiger partial charge in [-0.15, -0.1) is 11.3 Å². The van der Waals surface area contributed by atoms with Crippen LogP contribution in [0.3, 0.4) is 0 Å². The first-order valence-corrected chi connectivity index (χ1v) is 8.00. The van der Waals surface area contributed by atoms with Gasteiger partial charge in [0, 0.05) is 18.3 Å². The van der Waals surface area contributed by atoms with E-state index in [-0.39, 0.29) is 30.5 Å². The van der Waals surface area contributed by atoms with Crippen LogP contribution in [0.1, 0.15) is 18.5 Å². The van der Waals surface area contributed by atoms with Gasteiger partial charge in [-0.25, -0.2) is 4.98 Å². The van der Waals surface area contributed by atoms with Gasteiger partial charge in [0.25, 0.3) is 0 Å². The number of aliphatic carboxylic acids is 1. The lowest BCUT2D eigenvalue weighted by molar-refractivity contribution is -0.141. The Bertz CT molecular complexity index is 504. The van der Waals surface area contributed by atoms with Gasteiger partial charge in [0.15, 0.2) is 4.34 Å². The highest BCUT2D eigenvalue weighted by Gasteiger charge is 2.09. The number of thiazole rings is 1. The second-order valence-corrected chi connectivity index (χ2v) is 6.07. The van der Waals surface area contributed by atoms with Crippen molar-refractivity contribution in [3.8, 4) is 0 Å². The highest BCUT2D eigenvalue weighted by molar-refractivity contribution is 8.01. The lowest BCUT2D eigenvalue weighted by Gasteiger charge is -2.03. The number of carbonyl (C=O) groups excluding carboxylic acids is 2. The van der Waals surface area contributed by atoms with E-state index in [1.54, 1.807) is 5.38 Å². The maximum Gasteiger partial charge on any atom is 0.309 e. The van der Waals surface area contributed by atoms with E-state index in [1.165, 1.54) is 30.2 Å². The van der Waals surface area contributed by atoms with E-state index in [9.17, 15) is 14.4 Å². The first kappa shape index (κ1) is 17.4. The average molecular weight is 332 g/mol. The molecule has 7 nitrogen and oxygen atoms in total. The minimum Gasteiger partial charge on any atom is -0.481 e. The van der Waals surface area contributed by atoms with Crippen molar-refractivity contribution in [1.82, 2.24) is 10.3 Å². The molecule has 0 bridgehead atoms. The maximum atomic E-state index is 11.5. The number of methoxy groups -OCH3 is 1. The number of hydrogen-bond donors (Lipinski definition) is 2. The van der Waals surface area contributed by atoms with Crippen molar-refractivity contribution in [3.05, 3.63) is 11.1 Å². The number of ether oxygens (including phenoxy) is 1. The number of nitrogens with one attached hydrogen (secondary N) is 1. The molecular weight excluding hydrogens is 316 g/mol. The van der Waals surface area contributed by atoms with Crippen molar-refractivity contribution < 1.29 is 24.2 Å². The molecule has 0 aromatic carbocycles. The smallest absolute Gasteiger partial charge is 0.309 e. The van der Waals surface area contributed by atoms with Crippen LogP contribution in [0.5, 0.6) is 0 Å². The molecule has 1 rings (SSSR count). The van der Waals surface area contributed by atoms with E-state index >= 15 is 0 Å². The molecule has 0 aliphatic rings. The lowest BCUT2D eigenvalue weighted by atomic mass is 10.3. The molecule has 0 spiro atoms. The third-order valence-electron chi connectivity index (χ3n) is 2.30. The van der Waals surface area contributed by atoms with Crippen molar-refractivity contribution >= 4 is 40.9 Å². The molecule has 0 radical (unpaired) electrons. The Morgan fingerprint density at radius 3 is 2.90 bits per heavy atom. The Kier molecular flexibility index (Phi) is 7.76. The molecule has 0 saturated carbocycles. The first-order chi connectivity index (χ1) is 10.0. The highest BCUT2D eigenvalue weighted by atomic mass is 32.2. The summed E-state index contributed by atoms with van der Waals surface area (Å²) in [6, 6.07) is 0. The molecule has 0 atom stereocenters. The number of carboxylic acids is 1. The van der Waals surface area contributed by atoms with Gasteiger partial charge in [0.05, 0.1) is 25.0 Å². The fraction of sp³-hybridized carbons (Fsp3) is 0.500. The van der Waals surface area contributed by atoms with Crippen LogP contribution >= 0.6 is 23.1 Å². The summed E-state index contributed by atoms with van der Waals surface area (Å²) in [5.74, 6) is -1.18. The van der Waals surface area contributed by atoms with E-state index in [4.69, 9.17) is 5.11 Å². The van der Waals surface area contributed by atoms with Gasteiger partial charge in [-0.2, -0.15) is 0 Å². The number of carbonyl (C=O) groups is 3. The fourth-order valence-electron chi connectivity index (χ4n) is 1.33. The zero-order valence-corrected chi connectivity index (χ0v) is 13.1. The molecule has 1 heterocycles. The molecule has 116 valence electrons. The zero-order valence-electron chi connectivity index (χ0n) is 11.5. The van der Waals surface area contributed by atoms with Gasteiger partial charge in [0.1, 0.15) is 0 Å². The van der Waals surface area contributed by atoms with Crippen molar-refractivity contribution in [2.75, 3.05) is 19.4 Å². The van der Waals surface area contributed by atoms with Crippen LogP contribution in [0.4, 0.5) is 0 Å². The van der Waals surface area contributed by atoms with Crippen LogP contribution in [-0.4, -0.2) is 47.3 Å². The lowest BCUT2D eigenvalue weighted by Crippen LogP contribution is -2.26. The Morgan fingerprint density at radius 1 is 1.48 bits per heavy atom. The van der Waals surface area contributed by atoms with Gasteiger partial charge in [-0.1, -0.05) is 11.8 Å². The molecule has 0 aliphatic heterocycles. The summed E-state index contributed by atoms with van der Waals surface area (Å²) in [4.78, 5) is 37.0. The van der Waals surface area contributed by atoms with Gasteiger partial charge < -0.3 is 15.2 Å². The number of esters is 1. The van der Waals surface area contributed by atoms with Crippen LogP contribution in [0.15, 0.2) is 9.72 Å². The van der Waals surface area contributed by atoms with Crippen molar-refractivity contribution in [2.24, 2.45) is 0 Å². The average Bonchev–Trinajstić information content (AvgIpc) is 2.87. The summed E-state index contributed by atoms with van der Waals surface area (Å²) in [6.45, 7) is 0.413. The largest absolute Gasteiger partial charge is 0.481 e. The second-order valence-electron chi connectivity index (χ2n) is 3.99. The predicted molar refractivity (Wildman–Crippen MR) is 78.4 cm³/mol. The van der Waals surface area contributed by atoms with Gasteiger partial charge in [0.2, 0.25) is 5.91 Å². The summed E-state index contributed by atoms with van der Waals surface area (Å²) in [5, 5.41) is 13.0. The quantitative estimate of drug-likeness (QED) is 0.394. The summed E-state index contributed by atoms with van der Waals surface area (Å²) in [5.41, 5.74) is 0.494. The molecule has 9 heteroatoms. The molecule has 2 N–H and O–H groups in total. The maximum absolute atomic E-state index is 11.5. The Morgan fingerprint density at radius 2 is 2.24 bits per heavy atom. The Hall–Kier alpha value is -1.61. The summed E-state index contributed by atoms with van der Waals surface area (Å²) in [7, 11) is 1.32. The third kappa shape index (κ3) is 7.66. The van der Waals surface area contributed by atoms with Crippen LogP contribution in [0.25, 0.3) is 0 Å². The minimum absolute atomic E-state index is 0.114. The molecule has 1 aromatic heterocycles. The van der Waals surface area contributed by atoms with E-state index in [2.05, 4.69) is 15.0 Å². The van der Waals surface area contributed by atoms with E-state index in [1.807, 2.05) is 0 Å². The standard InChI is InChI=1S/C12H16N2O5S2/c1-19-11(18)3-2-4-13-9(15)7-21-12-14-8(6-20-12)5-10(16)17/h6H,2-5,7H2,1H3,(H,13,15)(H,16,17). The molecule has 0 fully saturated rings. The minimum atomic E-state index is -0.930. The third-order valence-corrected chi connectivity index (χ3v) is 4.37. The van der Waals surface area contributed by atoms with E-state index in [0.29, 0.717) is 23.0 Å². The first-order valence-electron chi connectivity index (χ1n) is 6.13. The van der Waals surface area contributed by atoms with Crippen LogP contribution in [0, 0.1) is 0 Å². The monoisotopic (exact) mass is 332 g/mol. The molecule has 21 heavy (non-hydrogen) atoms. The number of hydrogen-bond acceptors (Lipinski definition) is 7. The summed E-state index contributed by atoms with van der Waals surface area (Å²) >= 11 is 2.57. The van der Waals surface area contributed by atoms with E-state index in [0.717, 1.165) is 0 Å². The van der Waals surface area contributed by atoms with Crippen molar-refractivity contribution in [3.63, 3.8) is 0 Å². The number of amides is 1. The van der Waals surface area contributed by atoms with Gasteiger partial charge in [-0.3, -0.25) is 14.4 Å². The zero-order chi connectivity index (χ0) is 15.7. The Labute approximate surface area is 130 Å². The number of aromatic nitrogens is 1. The van der Waals surface area contributed by atoms with Gasteiger partial charge in [-0.05, 0) is 6.42 Å². The molecule has 1 amide bonds. The molecular formula is C12H16N2O5S2. The van der Waals surface area contributed by atoms with Gasteiger partial charge >= 0.3 is 11.9 Å². The number of carboxylic acid groups (broad SMARTS) is 1. The predicted octanol–water partition coefficient (Wildman–Crippen LogP) is 0.932. The van der Waals surface area contributed by atoms with Crippen molar-refractivity contribution in [1.29, 1.82) is 0 Å². The molecule has 0 saturated heterocycles. The number of nitrogens with zero attached hydrogens (tertiary/aromatic N) is 1. The van der Waals surface area contributed by atoms with Crippen LogP contribution in [-0.2, 0) is 25.5 Å². The summed E-state index contributed by atoms with van der Waals surface area (Å²) in [6.07, 6.45) is 0.689. The Balaban J connectivity index is 2.19. The SMILES string of the molecule is COC(=O)CCCNC(=O)CSc1nc(CC(=O)O)cs1. The van der Waals surface area contributed by atoms with Crippen LogP contribution in [0.2, 0.25) is 0 Å². The van der Waals surface area contributed by atoms with Crippen LogP contribution < -0.4 is 5.32 Å².